The van der Waals surface area contributed by atoms with Crippen LogP contribution in [0.15, 0.2) is 60.7 Å². The van der Waals surface area contributed by atoms with Gasteiger partial charge in [-0.25, -0.2) is 4.79 Å². The Kier molecular flexibility index (Phi) is 4.07. The second-order valence-corrected chi connectivity index (χ2v) is 7.01. The van der Waals surface area contributed by atoms with Crippen molar-refractivity contribution in [3.63, 3.8) is 0 Å². The molecule has 2 N–H and O–H groups in total. The van der Waals surface area contributed by atoms with Gasteiger partial charge >= 0.3 is 6.03 Å². The number of hydrogen-bond donors (Lipinski definition) is 1. The molecule has 1 unspecified atom stereocenters. The summed E-state index contributed by atoms with van der Waals surface area (Å²) in [7, 11) is 4.06. The standard InChI is InChI=1S/C22H21N4O/c1-25(2)19-10-6-9-18(13-19)22(17-7-4-3-5-8-17)12-11-16-15-24-26(21(23)27)20(16)14-22/h3-13H,14H2,1-2H3,(H2,23,27). The maximum Gasteiger partial charge on any atom is 0.339 e. The molecule has 0 spiro atoms. The van der Waals surface area contributed by atoms with Gasteiger partial charge in [0.05, 0.1) is 5.69 Å². The molecular weight excluding hydrogens is 336 g/mol. The quantitative estimate of drug-likeness (QED) is 0.783. The Labute approximate surface area is 158 Å². The molecule has 1 atom stereocenters. The van der Waals surface area contributed by atoms with Gasteiger partial charge in [-0.1, -0.05) is 54.6 Å². The fraction of sp³-hybridized carbons (Fsp3) is 0.182. The lowest BCUT2D eigenvalue weighted by Gasteiger charge is -2.35. The Morgan fingerprint density at radius 2 is 1.89 bits per heavy atom. The van der Waals surface area contributed by atoms with Crippen LogP contribution in [-0.2, 0) is 11.8 Å². The van der Waals surface area contributed by atoms with E-state index >= 15 is 0 Å². The van der Waals surface area contributed by atoms with Crippen LogP contribution in [0.3, 0.4) is 0 Å². The van der Waals surface area contributed by atoms with Gasteiger partial charge in [-0.2, -0.15) is 9.78 Å². The van der Waals surface area contributed by atoms with E-state index in [1.165, 1.54) is 4.68 Å². The molecule has 1 aliphatic carbocycles. The molecule has 0 saturated heterocycles. The maximum absolute atomic E-state index is 11.8. The summed E-state index contributed by atoms with van der Waals surface area (Å²) in [6, 6.07) is 18.2. The number of aromatic nitrogens is 2. The number of fused-ring (bicyclic) bond motifs is 1. The fourth-order valence-corrected chi connectivity index (χ4v) is 3.74. The highest BCUT2D eigenvalue weighted by molar-refractivity contribution is 5.77. The molecule has 1 radical (unpaired) electrons. The van der Waals surface area contributed by atoms with Crippen LogP contribution >= 0.6 is 0 Å². The van der Waals surface area contributed by atoms with E-state index in [2.05, 4.69) is 58.7 Å². The van der Waals surface area contributed by atoms with Crippen molar-refractivity contribution in [1.82, 2.24) is 9.78 Å². The molecule has 1 heterocycles. The average Bonchev–Trinajstić information content (AvgIpc) is 3.11. The first-order valence-corrected chi connectivity index (χ1v) is 8.83. The highest BCUT2D eigenvalue weighted by atomic mass is 16.2. The summed E-state index contributed by atoms with van der Waals surface area (Å²) in [6.07, 6.45) is 7.65. The maximum atomic E-state index is 11.8. The Balaban J connectivity index is 1.93. The van der Waals surface area contributed by atoms with E-state index in [4.69, 9.17) is 5.73 Å². The number of rotatable bonds is 3. The lowest BCUT2D eigenvalue weighted by Crippen LogP contribution is -2.33. The summed E-state index contributed by atoms with van der Waals surface area (Å²) in [6.45, 7) is 0. The van der Waals surface area contributed by atoms with Gasteiger partial charge in [-0.15, -0.1) is 0 Å². The zero-order valence-corrected chi connectivity index (χ0v) is 15.4. The number of allylic oxidation sites excluding steroid dienone is 1. The smallest absolute Gasteiger partial charge is 0.339 e. The Hall–Kier alpha value is -3.34. The number of primary amides is 1. The molecular formula is C22H21N4O. The number of nitrogens with two attached hydrogens (primary N) is 1. The molecule has 5 nitrogen and oxygen atoms in total. The first kappa shape index (κ1) is 17.1. The van der Waals surface area contributed by atoms with Gasteiger partial charge in [0, 0.05) is 37.2 Å². The SMILES string of the molecule is CN(C)c1cccc(C2(c3ccccc3)C=Cc3[c]nn(C(N)=O)c3C2)c1. The van der Waals surface area contributed by atoms with E-state index in [-0.39, 0.29) is 0 Å². The van der Waals surface area contributed by atoms with Crippen LogP contribution in [0, 0.1) is 6.20 Å². The fourth-order valence-electron chi connectivity index (χ4n) is 3.74. The minimum atomic E-state index is -0.591. The van der Waals surface area contributed by atoms with E-state index in [0.29, 0.717) is 6.42 Å². The molecule has 3 aromatic rings. The minimum Gasteiger partial charge on any atom is -0.378 e. The van der Waals surface area contributed by atoms with E-state index in [0.717, 1.165) is 28.1 Å². The molecule has 0 fully saturated rings. The first-order valence-electron chi connectivity index (χ1n) is 8.83. The van der Waals surface area contributed by atoms with Gasteiger partial charge in [-0.3, -0.25) is 0 Å². The van der Waals surface area contributed by atoms with Crippen molar-refractivity contribution in [2.45, 2.75) is 11.8 Å². The molecule has 1 amide bonds. The highest BCUT2D eigenvalue weighted by Crippen LogP contribution is 2.42. The van der Waals surface area contributed by atoms with Crippen molar-refractivity contribution in [2.75, 3.05) is 19.0 Å². The number of carbonyl (C=O) groups excluding carboxylic acids is 1. The third kappa shape index (κ3) is 2.81. The van der Waals surface area contributed by atoms with Crippen molar-refractivity contribution >= 4 is 17.8 Å². The van der Waals surface area contributed by atoms with Gasteiger partial charge in [0.25, 0.3) is 0 Å². The van der Waals surface area contributed by atoms with Gasteiger partial charge in [0.15, 0.2) is 0 Å². The second-order valence-electron chi connectivity index (χ2n) is 7.01. The van der Waals surface area contributed by atoms with Crippen molar-refractivity contribution in [3.05, 3.63) is 89.3 Å². The van der Waals surface area contributed by atoms with Crippen LogP contribution in [-0.4, -0.2) is 29.9 Å². The van der Waals surface area contributed by atoms with Crippen molar-refractivity contribution in [3.8, 4) is 0 Å². The van der Waals surface area contributed by atoms with Gasteiger partial charge in [-0.05, 0) is 23.3 Å². The lowest BCUT2D eigenvalue weighted by molar-refractivity contribution is 0.246. The normalized spacial score (nSPS) is 18.1. The zero-order chi connectivity index (χ0) is 19.0. The van der Waals surface area contributed by atoms with E-state index in [1.54, 1.807) is 0 Å². The zero-order valence-electron chi connectivity index (χ0n) is 15.4. The number of nitrogens with zero attached hydrogens (tertiary/aromatic N) is 3. The Morgan fingerprint density at radius 3 is 2.59 bits per heavy atom. The van der Waals surface area contributed by atoms with Crippen LogP contribution in [0.1, 0.15) is 22.4 Å². The minimum absolute atomic E-state index is 0.415. The number of carbonyl (C=O) groups is 1. The molecule has 0 aliphatic heterocycles. The summed E-state index contributed by atoms with van der Waals surface area (Å²) in [4.78, 5) is 13.9. The first-order chi connectivity index (χ1) is 13.0. The van der Waals surface area contributed by atoms with Crippen LogP contribution < -0.4 is 10.6 Å². The number of anilines is 1. The molecule has 0 bridgehead atoms. The molecule has 5 heteroatoms. The monoisotopic (exact) mass is 357 g/mol. The van der Waals surface area contributed by atoms with E-state index < -0.39 is 11.4 Å². The summed E-state index contributed by atoms with van der Waals surface area (Å²) >= 11 is 0. The molecule has 0 saturated carbocycles. The topological polar surface area (TPSA) is 64.2 Å². The van der Waals surface area contributed by atoms with Crippen LogP contribution in [0.2, 0.25) is 0 Å². The molecule has 1 aromatic heterocycles. The molecule has 1 aliphatic rings. The predicted octanol–water partition coefficient (Wildman–Crippen LogP) is 3.23. The highest BCUT2D eigenvalue weighted by Gasteiger charge is 2.37. The third-order valence-corrected chi connectivity index (χ3v) is 5.19. The number of hydrogen-bond acceptors (Lipinski definition) is 3. The van der Waals surface area contributed by atoms with Crippen molar-refractivity contribution < 1.29 is 4.79 Å². The lowest BCUT2D eigenvalue weighted by atomic mass is 9.68. The Morgan fingerprint density at radius 1 is 1.15 bits per heavy atom. The summed E-state index contributed by atoms with van der Waals surface area (Å²) in [5, 5.41) is 4.05. The number of benzene rings is 2. The predicted molar refractivity (Wildman–Crippen MR) is 107 cm³/mol. The summed E-state index contributed by atoms with van der Waals surface area (Å²) in [5.74, 6) is 0. The molecule has 135 valence electrons. The summed E-state index contributed by atoms with van der Waals surface area (Å²) < 4.78 is 1.26. The number of amides is 1. The van der Waals surface area contributed by atoms with Gasteiger partial charge < -0.3 is 10.6 Å². The van der Waals surface area contributed by atoms with Crippen molar-refractivity contribution in [1.29, 1.82) is 0 Å². The molecule has 4 rings (SSSR count). The Bertz CT molecular complexity index is 1020. The average molecular weight is 357 g/mol. The van der Waals surface area contributed by atoms with Crippen LogP contribution in [0.5, 0.6) is 0 Å². The largest absolute Gasteiger partial charge is 0.378 e. The van der Waals surface area contributed by atoms with Gasteiger partial charge in [0.2, 0.25) is 0 Å². The van der Waals surface area contributed by atoms with Crippen LogP contribution in [0.25, 0.3) is 6.08 Å². The van der Waals surface area contributed by atoms with Crippen molar-refractivity contribution in [2.24, 2.45) is 5.73 Å². The molecule has 27 heavy (non-hydrogen) atoms. The second kappa shape index (κ2) is 6.43. The molecule has 2 aromatic carbocycles. The summed E-state index contributed by atoms with van der Waals surface area (Å²) in [5.41, 5.74) is 10.1. The third-order valence-electron chi connectivity index (χ3n) is 5.19. The van der Waals surface area contributed by atoms with Gasteiger partial charge in [0.1, 0.15) is 6.20 Å². The van der Waals surface area contributed by atoms with Crippen LogP contribution in [0.4, 0.5) is 10.5 Å². The van der Waals surface area contributed by atoms with E-state index in [9.17, 15) is 4.79 Å². The van der Waals surface area contributed by atoms with E-state index in [1.807, 2.05) is 38.4 Å².